The Balaban J connectivity index is 1.63. The summed E-state index contributed by atoms with van der Waals surface area (Å²) in [6.45, 7) is 1.98. The first-order valence-electron chi connectivity index (χ1n) is 9.04. The van der Waals surface area contributed by atoms with Gasteiger partial charge in [0.2, 0.25) is 11.8 Å². The summed E-state index contributed by atoms with van der Waals surface area (Å²) < 4.78 is 10.8. The number of benzene rings is 2. The van der Waals surface area contributed by atoms with Gasteiger partial charge in [-0.05, 0) is 48.9 Å². The second-order valence-corrected chi connectivity index (χ2v) is 7.63. The lowest BCUT2D eigenvalue weighted by Crippen LogP contribution is -2.28. The number of carbonyl (C=O) groups is 3. The Morgan fingerprint density at radius 2 is 2.03 bits per heavy atom. The standard InChI is InChI=1S/C21H21BrN2O5/c1-13-8-17(29-12-20(26)28-2)6-7-18(13)23-21(27)14-9-19(25)24(11-14)16-5-3-4-15(22)10-16/h3-8,10,14H,9,11-12H2,1-2H3,(H,23,27). The van der Waals surface area contributed by atoms with Crippen LogP contribution in [0.1, 0.15) is 12.0 Å². The number of hydrogen-bond acceptors (Lipinski definition) is 5. The van der Waals surface area contributed by atoms with E-state index in [9.17, 15) is 14.4 Å². The zero-order chi connectivity index (χ0) is 21.0. The van der Waals surface area contributed by atoms with Crippen LogP contribution >= 0.6 is 15.9 Å². The molecule has 0 saturated carbocycles. The van der Waals surface area contributed by atoms with Gasteiger partial charge in [0.05, 0.1) is 13.0 Å². The maximum Gasteiger partial charge on any atom is 0.343 e. The van der Waals surface area contributed by atoms with E-state index in [0.29, 0.717) is 18.0 Å². The Morgan fingerprint density at radius 1 is 1.24 bits per heavy atom. The van der Waals surface area contributed by atoms with E-state index in [4.69, 9.17) is 4.74 Å². The number of nitrogens with one attached hydrogen (secondary N) is 1. The molecule has 2 amide bonds. The summed E-state index contributed by atoms with van der Waals surface area (Å²) in [6, 6.07) is 12.5. The van der Waals surface area contributed by atoms with Gasteiger partial charge >= 0.3 is 5.97 Å². The van der Waals surface area contributed by atoms with E-state index in [1.54, 1.807) is 23.1 Å². The summed E-state index contributed by atoms with van der Waals surface area (Å²) in [4.78, 5) is 37.9. The molecule has 1 fully saturated rings. The summed E-state index contributed by atoms with van der Waals surface area (Å²) in [5.41, 5.74) is 2.19. The van der Waals surface area contributed by atoms with Crippen LogP contribution in [-0.4, -0.2) is 38.0 Å². The molecule has 0 bridgehead atoms. The molecule has 1 aliphatic heterocycles. The summed E-state index contributed by atoms with van der Waals surface area (Å²) in [6.07, 6.45) is 0.164. The first-order chi connectivity index (χ1) is 13.9. The molecule has 8 heteroatoms. The van der Waals surface area contributed by atoms with Crippen LogP contribution in [0.15, 0.2) is 46.9 Å². The van der Waals surface area contributed by atoms with Gasteiger partial charge in [0.15, 0.2) is 6.61 Å². The van der Waals surface area contributed by atoms with Crippen molar-refractivity contribution in [3.63, 3.8) is 0 Å². The highest BCUT2D eigenvalue weighted by molar-refractivity contribution is 9.10. The van der Waals surface area contributed by atoms with Crippen molar-refractivity contribution in [2.24, 2.45) is 5.92 Å². The average molecular weight is 461 g/mol. The number of carbonyl (C=O) groups excluding carboxylic acids is 3. The van der Waals surface area contributed by atoms with Crippen LogP contribution in [0.4, 0.5) is 11.4 Å². The maximum absolute atomic E-state index is 12.7. The number of hydrogen-bond donors (Lipinski definition) is 1. The van der Waals surface area contributed by atoms with Gasteiger partial charge in [-0.3, -0.25) is 9.59 Å². The van der Waals surface area contributed by atoms with Crippen LogP contribution in [0.25, 0.3) is 0 Å². The first kappa shape index (κ1) is 20.9. The zero-order valence-electron chi connectivity index (χ0n) is 16.1. The minimum atomic E-state index is -0.471. The molecule has 1 saturated heterocycles. The minimum absolute atomic E-state index is 0.0773. The Bertz CT molecular complexity index is 946. The second kappa shape index (κ2) is 9.09. The van der Waals surface area contributed by atoms with Gasteiger partial charge in [0, 0.05) is 28.8 Å². The van der Waals surface area contributed by atoms with Crippen molar-refractivity contribution in [2.45, 2.75) is 13.3 Å². The minimum Gasteiger partial charge on any atom is -0.482 e. The van der Waals surface area contributed by atoms with Crippen molar-refractivity contribution in [1.29, 1.82) is 0 Å². The van der Waals surface area contributed by atoms with Gasteiger partial charge < -0.3 is 19.7 Å². The number of rotatable bonds is 6. The number of anilines is 2. The van der Waals surface area contributed by atoms with Gasteiger partial charge in [0.25, 0.3) is 0 Å². The molecule has 0 radical (unpaired) electrons. The molecule has 152 valence electrons. The van der Waals surface area contributed by atoms with Gasteiger partial charge in [-0.15, -0.1) is 0 Å². The predicted octanol–water partition coefficient (Wildman–Crippen LogP) is 3.30. The Morgan fingerprint density at radius 3 is 2.72 bits per heavy atom. The molecule has 0 aromatic heterocycles. The third-order valence-electron chi connectivity index (χ3n) is 4.66. The number of methoxy groups -OCH3 is 1. The van der Waals surface area contributed by atoms with E-state index < -0.39 is 11.9 Å². The molecular formula is C21H21BrN2O5. The van der Waals surface area contributed by atoms with Crippen LogP contribution in [0.5, 0.6) is 5.75 Å². The van der Waals surface area contributed by atoms with Gasteiger partial charge in [-0.25, -0.2) is 4.79 Å². The lowest BCUT2D eigenvalue weighted by Gasteiger charge is -2.17. The molecule has 1 N–H and O–H groups in total. The fourth-order valence-electron chi connectivity index (χ4n) is 3.08. The van der Waals surface area contributed by atoms with Crippen LogP contribution in [0.2, 0.25) is 0 Å². The van der Waals surface area contributed by atoms with Crippen LogP contribution < -0.4 is 15.0 Å². The van der Waals surface area contributed by atoms with E-state index >= 15 is 0 Å². The topological polar surface area (TPSA) is 84.9 Å². The molecule has 2 aromatic rings. The molecule has 3 rings (SSSR count). The predicted molar refractivity (Wildman–Crippen MR) is 112 cm³/mol. The molecule has 1 heterocycles. The van der Waals surface area contributed by atoms with E-state index in [1.807, 2.05) is 31.2 Å². The van der Waals surface area contributed by atoms with Gasteiger partial charge in [-0.1, -0.05) is 22.0 Å². The van der Waals surface area contributed by atoms with Crippen LogP contribution in [0, 0.1) is 12.8 Å². The smallest absolute Gasteiger partial charge is 0.343 e. The molecule has 0 aliphatic carbocycles. The molecule has 0 spiro atoms. The SMILES string of the molecule is COC(=O)COc1ccc(NC(=O)C2CC(=O)N(c3cccc(Br)c3)C2)c(C)c1. The zero-order valence-corrected chi connectivity index (χ0v) is 17.7. The lowest BCUT2D eigenvalue weighted by molar-refractivity contribution is -0.142. The summed E-state index contributed by atoms with van der Waals surface area (Å²) >= 11 is 3.40. The Hall–Kier alpha value is -2.87. The number of ether oxygens (including phenoxy) is 2. The van der Waals surface area contributed by atoms with Crippen LogP contribution in [-0.2, 0) is 19.1 Å². The highest BCUT2D eigenvalue weighted by Gasteiger charge is 2.35. The third-order valence-corrected chi connectivity index (χ3v) is 5.15. The summed E-state index contributed by atoms with van der Waals surface area (Å²) in [5, 5.41) is 2.89. The van der Waals surface area contributed by atoms with Crippen molar-refractivity contribution in [2.75, 3.05) is 30.5 Å². The van der Waals surface area contributed by atoms with E-state index in [0.717, 1.165) is 15.7 Å². The normalized spacial score (nSPS) is 15.9. The number of nitrogens with zero attached hydrogens (tertiary/aromatic N) is 1. The fourth-order valence-corrected chi connectivity index (χ4v) is 3.47. The molecular weight excluding hydrogens is 440 g/mol. The molecule has 29 heavy (non-hydrogen) atoms. The fraction of sp³-hybridized carbons (Fsp3) is 0.286. The number of halogens is 1. The molecule has 1 unspecified atom stereocenters. The van der Waals surface area contributed by atoms with Gasteiger partial charge in [0.1, 0.15) is 5.75 Å². The lowest BCUT2D eigenvalue weighted by atomic mass is 10.1. The van der Waals surface area contributed by atoms with Crippen molar-refractivity contribution in [3.8, 4) is 5.75 Å². The van der Waals surface area contributed by atoms with Crippen molar-refractivity contribution in [1.82, 2.24) is 0 Å². The highest BCUT2D eigenvalue weighted by Crippen LogP contribution is 2.29. The second-order valence-electron chi connectivity index (χ2n) is 6.72. The first-order valence-corrected chi connectivity index (χ1v) is 9.83. The number of amides is 2. The summed E-state index contributed by atoms with van der Waals surface area (Å²) in [5.74, 6) is -0.687. The molecule has 2 aromatic carbocycles. The van der Waals surface area contributed by atoms with Crippen molar-refractivity contribution < 1.29 is 23.9 Å². The van der Waals surface area contributed by atoms with E-state index in [-0.39, 0.29) is 24.8 Å². The third kappa shape index (κ3) is 5.14. The average Bonchev–Trinajstić information content (AvgIpc) is 3.09. The molecule has 1 atom stereocenters. The van der Waals surface area contributed by atoms with Crippen molar-refractivity contribution >= 4 is 45.1 Å². The van der Waals surface area contributed by atoms with Crippen LogP contribution in [0.3, 0.4) is 0 Å². The number of esters is 1. The van der Waals surface area contributed by atoms with E-state index in [2.05, 4.69) is 26.0 Å². The molecule has 7 nitrogen and oxygen atoms in total. The Labute approximate surface area is 177 Å². The largest absolute Gasteiger partial charge is 0.482 e. The van der Waals surface area contributed by atoms with Gasteiger partial charge in [-0.2, -0.15) is 0 Å². The highest BCUT2D eigenvalue weighted by atomic mass is 79.9. The maximum atomic E-state index is 12.7. The summed E-state index contributed by atoms with van der Waals surface area (Å²) in [7, 11) is 1.29. The quantitative estimate of drug-likeness (QED) is 0.668. The Kier molecular flexibility index (Phi) is 6.53. The van der Waals surface area contributed by atoms with Crippen molar-refractivity contribution in [3.05, 3.63) is 52.5 Å². The monoisotopic (exact) mass is 460 g/mol. The van der Waals surface area contributed by atoms with E-state index in [1.165, 1.54) is 7.11 Å². The number of aryl methyl sites for hydroxylation is 1. The molecule has 1 aliphatic rings.